The molecule has 0 aromatic heterocycles. The minimum absolute atomic E-state index is 0.337. The second-order valence-corrected chi connectivity index (χ2v) is 5.93. The van der Waals surface area contributed by atoms with Gasteiger partial charge in [0.2, 0.25) is 0 Å². The van der Waals surface area contributed by atoms with Gasteiger partial charge in [0.05, 0.1) is 6.61 Å². The molecule has 0 saturated carbocycles. The van der Waals surface area contributed by atoms with Crippen molar-refractivity contribution < 1.29 is 4.74 Å². The van der Waals surface area contributed by atoms with Crippen LogP contribution in [0.2, 0.25) is 0 Å². The van der Waals surface area contributed by atoms with E-state index in [1.165, 1.54) is 51.9 Å². The van der Waals surface area contributed by atoms with Crippen molar-refractivity contribution in [1.82, 2.24) is 9.80 Å². The van der Waals surface area contributed by atoms with Gasteiger partial charge in [-0.15, -0.1) is 0 Å². The molecule has 0 N–H and O–H groups in total. The molecule has 3 saturated heterocycles. The summed E-state index contributed by atoms with van der Waals surface area (Å²) in [4.78, 5) is 5.41. The fourth-order valence-corrected chi connectivity index (χ4v) is 3.55. The maximum Gasteiger partial charge on any atom is 0.0648 e. The summed E-state index contributed by atoms with van der Waals surface area (Å²) in [6.07, 6.45) is 5.48. The predicted octanol–water partition coefficient (Wildman–Crippen LogP) is 1.34. The van der Waals surface area contributed by atoms with E-state index in [0.717, 1.165) is 19.3 Å². The van der Waals surface area contributed by atoms with E-state index in [-0.39, 0.29) is 0 Å². The van der Waals surface area contributed by atoms with Crippen molar-refractivity contribution in [2.45, 2.75) is 44.2 Å². The SMILES string of the molecule is CC1(N2CCN3CCCCC3C2)CCOC1. The van der Waals surface area contributed by atoms with E-state index in [9.17, 15) is 0 Å². The first-order valence-electron chi connectivity index (χ1n) is 6.85. The van der Waals surface area contributed by atoms with E-state index in [1.54, 1.807) is 0 Å². The van der Waals surface area contributed by atoms with Crippen LogP contribution in [0, 0.1) is 0 Å². The Kier molecular flexibility index (Phi) is 2.94. The standard InChI is InChI=1S/C13H24N2O/c1-13(5-9-16-11-13)15-8-7-14-6-3-2-4-12(14)10-15/h12H,2-11H2,1H3. The quantitative estimate of drug-likeness (QED) is 0.668. The summed E-state index contributed by atoms with van der Waals surface area (Å²) in [5.74, 6) is 0. The molecule has 0 bridgehead atoms. The monoisotopic (exact) mass is 224 g/mol. The third-order valence-electron chi connectivity index (χ3n) is 4.80. The third kappa shape index (κ3) is 1.89. The van der Waals surface area contributed by atoms with Crippen LogP contribution in [0.1, 0.15) is 32.6 Å². The van der Waals surface area contributed by atoms with Crippen LogP contribution >= 0.6 is 0 Å². The van der Waals surface area contributed by atoms with Crippen molar-refractivity contribution in [2.75, 3.05) is 39.4 Å². The van der Waals surface area contributed by atoms with E-state index >= 15 is 0 Å². The van der Waals surface area contributed by atoms with Gasteiger partial charge >= 0.3 is 0 Å². The minimum Gasteiger partial charge on any atom is -0.379 e. The van der Waals surface area contributed by atoms with Crippen LogP contribution in [0.15, 0.2) is 0 Å². The topological polar surface area (TPSA) is 15.7 Å². The molecule has 0 aromatic carbocycles. The summed E-state index contributed by atoms with van der Waals surface area (Å²) in [5.41, 5.74) is 0.337. The average Bonchev–Trinajstić information content (AvgIpc) is 2.77. The summed E-state index contributed by atoms with van der Waals surface area (Å²) in [6, 6.07) is 0.833. The first-order chi connectivity index (χ1) is 7.78. The zero-order valence-electron chi connectivity index (χ0n) is 10.5. The van der Waals surface area contributed by atoms with Gasteiger partial charge in [-0.1, -0.05) is 6.42 Å². The molecule has 3 fully saturated rings. The number of nitrogens with zero attached hydrogens (tertiary/aromatic N) is 2. The lowest BCUT2D eigenvalue weighted by Gasteiger charge is -2.49. The molecule has 3 aliphatic rings. The van der Waals surface area contributed by atoms with Crippen LogP contribution in [0.5, 0.6) is 0 Å². The summed E-state index contributed by atoms with van der Waals surface area (Å²) < 4.78 is 5.59. The molecule has 3 aliphatic heterocycles. The van der Waals surface area contributed by atoms with Crippen LogP contribution in [0.25, 0.3) is 0 Å². The second kappa shape index (κ2) is 4.28. The van der Waals surface area contributed by atoms with Crippen LogP contribution in [-0.2, 0) is 4.74 Å². The Balaban J connectivity index is 1.65. The normalized spacial score (nSPS) is 42.2. The fraction of sp³-hybridized carbons (Fsp3) is 1.00. The smallest absolute Gasteiger partial charge is 0.0648 e. The van der Waals surface area contributed by atoms with Gasteiger partial charge in [0, 0.05) is 37.8 Å². The third-order valence-corrected chi connectivity index (χ3v) is 4.80. The van der Waals surface area contributed by atoms with Crippen molar-refractivity contribution >= 4 is 0 Å². The Morgan fingerprint density at radius 2 is 2.12 bits per heavy atom. The number of hydrogen-bond acceptors (Lipinski definition) is 3. The van der Waals surface area contributed by atoms with Crippen LogP contribution in [0.3, 0.4) is 0 Å². The first kappa shape index (κ1) is 11.0. The molecule has 3 heteroatoms. The van der Waals surface area contributed by atoms with E-state index < -0.39 is 0 Å². The molecule has 2 atom stereocenters. The van der Waals surface area contributed by atoms with Gasteiger partial charge in [0.1, 0.15) is 0 Å². The lowest BCUT2D eigenvalue weighted by atomic mass is 9.93. The number of ether oxygens (including phenoxy) is 1. The minimum atomic E-state index is 0.337. The second-order valence-electron chi connectivity index (χ2n) is 5.93. The Morgan fingerprint density at radius 1 is 1.19 bits per heavy atom. The fourth-order valence-electron chi connectivity index (χ4n) is 3.55. The van der Waals surface area contributed by atoms with Crippen LogP contribution in [-0.4, -0.2) is 60.8 Å². The highest BCUT2D eigenvalue weighted by molar-refractivity contribution is 4.95. The molecule has 92 valence electrons. The van der Waals surface area contributed by atoms with Crippen molar-refractivity contribution in [3.05, 3.63) is 0 Å². The summed E-state index contributed by atoms with van der Waals surface area (Å²) in [7, 11) is 0. The molecular formula is C13H24N2O. The maximum atomic E-state index is 5.59. The van der Waals surface area contributed by atoms with Crippen molar-refractivity contribution in [2.24, 2.45) is 0 Å². The Labute approximate surface area is 98.7 Å². The highest BCUT2D eigenvalue weighted by Gasteiger charge is 2.40. The van der Waals surface area contributed by atoms with Gasteiger partial charge in [-0.3, -0.25) is 9.80 Å². The number of piperidine rings is 1. The maximum absolute atomic E-state index is 5.59. The molecule has 0 aliphatic carbocycles. The van der Waals surface area contributed by atoms with Crippen LogP contribution in [0.4, 0.5) is 0 Å². The van der Waals surface area contributed by atoms with Gasteiger partial charge in [-0.25, -0.2) is 0 Å². The molecule has 3 rings (SSSR count). The zero-order valence-corrected chi connectivity index (χ0v) is 10.5. The van der Waals surface area contributed by atoms with E-state index in [1.807, 2.05) is 0 Å². The number of piperazine rings is 1. The van der Waals surface area contributed by atoms with Gasteiger partial charge in [-0.05, 0) is 32.7 Å². The molecule has 2 unspecified atom stereocenters. The van der Waals surface area contributed by atoms with Crippen LogP contribution < -0.4 is 0 Å². The Hall–Kier alpha value is -0.120. The summed E-state index contributed by atoms with van der Waals surface area (Å²) >= 11 is 0. The largest absolute Gasteiger partial charge is 0.379 e. The number of rotatable bonds is 1. The van der Waals surface area contributed by atoms with E-state index in [2.05, 4.69) is 16.7 Å². The summed E-state index contributed by atoms with van der Waals surface area (Å²) in [5, 5.41) is 0. The van der Waals surface area contributed by atoms with Crippen molar-refractivity contribution in [3.8, 4) is 0 Å². The average molecular weight is 224 g/mol. The molecule has 3 nitrogen and oxygen atoms in total. The highest BCUT2D eigenvalue weighted by atomic mass is 16.5. The Morgan fingerprint density at radius 3 is 2.94 bits per heavy atom. The number of hydrogen-bond donors (Lipinski definition) is 0. The number of fused-ring (bicyclic) bond motifs is 1. The first-order valence-corrected chi connectivity index (χ1v) is 6.85. The predicted molar refractivity (Wildman–Crippen MR) is 64.6 cm³/mol. The Bertz CT molecular complexity index is 250. The highest BCUT2D eigenvalue weighted by Crippen LogP contribution is 2.30. The van der Waals surface area contributed by atoms with Gasteiger partial charge < -0.3 is 4.74 Å². The lowest BCUT2D eigenvalue weighted by molar-refractivity contribution is -0.0108. The molecule has 0 aromatic rings. The lowest BCUT2D eigenvalue weighted by Crippen LogP contribution is -2.61. The molecular weight excluding hydrogens is 200 g/mol. The van der Waals surface area contributed by atoms with Crippen molar-refractivity contribution in [1.29, 1.82) is 0 Å². The molecule has 3 heterocycles. The van der Waals surface area contributed by atoms with E-state index in [4.69, 9.17) is 4.74 Å². The zero-order chi connectivity index (χ0) is 11.0. The summed E-state index contributed by atoms with van der Waals surface area (Å²) in [6.45, 7) is 9.43. The van der Waals surface area contributed by atoms with Gasteiger partial charge in [-0.2, -0.15) is 0 Å². The van der Waals surface area contributed by atoms with Gasteiger partial charge in [0.15, 0.2) is 0 Å². The molecule has 16 heavy (non-hydrogen) atoms. The van der Waals surface area contributed by atoms with Crippen molar-refractivity contribution in [3.63, 3.8) is 0 Å². The molecule has 0 spiro atoms. The van der Waals surface area contributed by atoms with Gasteiger partial charge in [0.25, 0.3) is 0 Å². The molecule has 0 amide bonds. The van der Waals surface area contributed by atoms with E-state index in [0.29, 0.717) is 5.54 Å². The molecule has 0 radical (unpaired) electrons.